The van der Waals surface area contributed by atoms with E-state index in [0.717, 1.165) is 0 Å². The first-order chi connectivity index (χ1) is 15.9. The summed E-state index contributed by atoms with van der Waals surface area (Å²) in [5, 5.41) is 5.96. The lowest BCUT2D eigenvalue weighted by molar-refractivity contribution is -0.113. The van der Waals surface area contributed by atoms with Gasteiger partial charge in [0.1, 0.15) is 11.4 Å². The van der Waals surface area contributed by atoms with Crippen molar-refractivity contribution in [2.24, 2.45) is 0 Å². The number of ether oxygens (including phenoxy) is 3. The van der Waals surface area contributed by atoms with Gasteiger partial charge in [-0.25, -0.2) is 0 Å². The Bertz CT molecular complexity index is 1260. The number of carbonyl (C=O) groups excluding carboxylic acids is 2. The van der Waals surface area contributed by atoms with Crippen LogP contribution in [0, 0.1) is 0 Å². The number of benzene rings is 3. The van der Waals surface area contributed by atoms with Crippen molar-refractivity contribution in [3.63, 3.8) is 0 Å². The summed E-state index contributed by atoms with van der Waals surface area (Å²) in [5.41, 5.74) is 1.27. The first kappa shape index (κ1) is 22.5. The molecule has 3 aromatic rings. The minimum Gasteiger partial charge on any atom is -0.495 e. The standard InChI is InChI=1S/C24H18Cl2N2O5/c1-31-20-9-7-15(12-18(20)26)27-24(30)19(28-23(29)16-4-2-3-5-17(16)25)10-14-6-8-21-22(11-14)33-13-32-21/h2-12H,13H2,1H3,(H,27,30)(H,28,29)/b19-10+. The number of fused-ring (bicyclic) bond motifs is 1. The third kappa shape index (κ3) is 5.22. The number of nitrogens with one attached hydrogen (secondary N) is 2. The molecule has 33 heavy (non-hydrogen) atoms. The van der Waals surface area contributed by atoms with E-state index in [4.69, 9.17) is 37.4 Å². The van der Waals surface area contributed by atoms with E-state index in [0.29, 0.717) is 33.5 Å². The van der Waals surface area contributed by atoms with E-state index in [-0.39, 0.29) is 23.1 Å². The van der Waals surface area contributed by atoms with Gasteiger partial charge in [-0.05, 0) is 54.1 Å². The van der Waals surface area contributed by atoms with E-state index in [9.17, 15) is 9.59 Å². The van der Waals surface area contributed by atoms with Crippen molar-refractivity contribution in [3.8, 4) is 17.2 Å². The predicted molar refractivity (Wildman–Crippen MR) is 126 cm³/mol. The maximum atomic E-state index is 13.1. The van der Waals surface area contributed by atoms with Crippen molar-refractivity contribution in [1.82, 2.24) is 5.32 Å². The Morgan fingerprint density at radius 3 is 2.52 bits per heavy atom. The van der Waals surface area contributed by atoms with Crippen LogP contribution in [-0.4, -0.2) is 25.7 Å². The molecule has 0 fully saturated rings. The molecule has 168 valence electrons. The van der Waals surface area contributed by atoms with Crippen LogP contribution in [-0.2, 0) is 4.79 Å². The molecule has 0 saturated heterocycles. The molecule has 2 N–H and O–H groups in total. The van der Waals surface area contributed by atoms with E-state index < -0.39 is 11.8 Å². The Hall–Kier alpha value is -3.68. The normalized spacial score (nSPS) is 12.3. The number of hydrogen-bond donors (Lipinski definition) is 2. The molecular weight excluding hydrogens is 467 g/mol. The zero-order valence-corrected chi connectivity index (χ0v) is 18.9. The van der Waals surface area contributed by atoms with Crippen LogP contribution in [0.15, 0.2) is 66.4 Å². The van der Waals surface area contributed by atoms with Crippen LogP contribution in [0.25, 0.3) is 6.08 Å². The van der Waals surface area contributed by atoms with Gasteiger partial charge >= 0.3 is 0 Å². The quantitative estimate of drug-likeness (QED) is 0.473. The Kier molecular flexibility index (Phi) is 6.72. The SMILES string of the molecule is COc1ccc(NC(=O)/C(=C\c2ccc3c(c2)OCO3)NC(=O)c2ccccc2Cl)cc1Cl. The van der Waals surface area contributed by atoms with E-state index >= 15 is 0 Å². The predicted octanol–water partition coefficient (Wildman–Crippen LogP) is 5.14. The van der Waals surface area contributed by atoms with Gasteiger partial charge in [-0.3, -0.25) is 9.59 Å². The van der Waals surface area contributed by atoms with Crippen LogP contribution in [0.3, 0.4) is 0 Å². The van der Waals surface area contributed by atoms with Gasteiger partial charge in [0.2, 0.25) is 6.79 Å². The van der Waals surface area contributed by atoms with Crippen LogP contribution in [0.1, 0.15) is 15.9 Å². The molecule has 0 atom stereocenters. The van der Waals surface area contributed by atoms with Gasteiger partial charge in [0.25, 0.3) is 11.8 Å². The monoisotopic (exact) mass is 484 g/mol. The third-order valence-corrected chi connectivity index (χ3v) is 5.35. The van der Waals surface area contributed by atoms with Crippen molar-refractivity contribution in [1.29, 1.82) is 0 Å². The lowest BCUT2D eigenvalue weighted by atomic mass is 10.1. The molecule has 4 rings (SSSR count). The summed E-state index contributed by atoms with van der Waals surface area (Å²) in [5.74, 6) is 0.525. The largest absolute Gasteiger partial charge is 0.495 e. The molecule has 0 bridgehead atoms. The van der Waals surface area contributed by atoms with Crippen molar-refractivity contribution in [3.05, 3.63) is 87.5 Å². The van der Waals surface area contributed by atoms with Crippen molar-refractivity contribution in [2.45, 2.75) is 0 Å². The molecule has 0 saturated carbocycles. The fourth-order valence-corrected chi connectivity index (χ4v) is 3.58. The van der Waals surface area contributed by atoms with E-state index in [2.05, 4.69) is 10.6 Å². The number of amides is 2. The minimum atomic E-state index is -0.561. The molecule has 1 aliphatic rings. The molecular formula is C24H18Cl2N2O5. The van der Waals surface area contributed by atoms with Crippen molar-refractivity contribution in [2.75, 3.05) is 19.2 Å². The summed E-state index contributed by atoms with van der Waals surface area (Å²) < 4.78 is 15.8. The van der Waals surface area contributed by atoms with Gasteiger partial charge in [0.15, 0.2) is 11.5 Å². The van der Waals surface area contributed by atoms with E-state index in [1.54, 1.807) is 60.7 Å². The zero-order valence-electron chi connectivity index (χ0n) is 17.4. The van der Waals surface area contributed by atoms with Crippen LogP contribution < -0.4 is 24.8 Å². The molecule has 1 aliphatic heterocycles. The second-order valence-corrected chi connectivity index (χ2v) is 7.72. The van der Waals surface area contributed by atoms with E-state index in [1.165, 1.54) is 13.2 Å². The topological polar surface area (TPSA) is 85.9 Å². The first-order valence-corrected chi connectivity index (χ1v) is 10.5. The summed E-state index contributed by atoms with van der Waals surface area (Å²) in [6.45, 7) is 0.122. The minimum absolute atomic E-state index is 0.00859. The molecule has 3 aromatic carbocycles. The molecule has 1 heterocycles. The smallest absolute Gasteiger partial charge is 0.272 e. The summed E-state index contributed by atoms with van der Waals surface area (Å²) in [7, 11) is 1.50. The van der Waals surface area contributed by atoms with Gasteiger partial charge in [0, 0.05) is 5.69 Å². The Labute approximate surface area is 199 Å². The summed E-state index contributed by atoms with van der Waals surface area (Å²) in [6, 6.07) is 16.5. The number of carbonyl (C=O) groups is 2. The van der Waals surface area contributed by atoms with Gasteiger partial charge < -0.3 is 24.8 Å². The van der Waals surface area contributed by atoms with Gasteiger partial charge in [-0.2, -0.15) is 0 Å². The average molecular weight is 485 g/mol. The Balaban J connectivity index is 1.64. The number of rotatable bonds is 6. The highest BCUT2D eigenvalue weighted by Gasteiger charge is 2.19. The maximum absolute atomic E-state index is 13.1. The molecule has 0 unspecified atom stereocenters. The highest BCUT2D eigenvalue weighted by atomic mass is 35.5. The van der Waals surface area contributed by atoms with Gasteiger partial charge in [0.05, 0.1) is 22.7 Å². The van der Waals surface area contributed by atoms with Crippen molar-refractivity contribution < 1.29 is 23.8 Å². The second kappa shape index (κ2) is 9.85. The molecule has 0 radical (unpaired) electrons. The highest BCUT2D eigenvalue weighted by molar-refractivity contribution is 6.34. The number of halogens is 2. The lowest BCUT2D eigenvalue weighted by Gasteiger charge is -2.13. The zero-order chi connectivity index (χ0) is 23.4. The molecule has 9 heteroatoms. The van der Waals surface area contributed by atoms with Crippen molar-refractivity contribution >= 4 is 46.8 Å². The summed E-state index contributed by atoms with van der Waals surface area (Å²) in [6.07, 6.45) is 1.52. The molecule has 0 spiro atoms. The van der Waals surface area contributed by atoms with Crippen LogP contribution >= 0.6 is 23.2 Å². The molecule has 0 aromatic heterocycles. The number of methoxy groups -OCH3 is 1. The molecule has 2 amide bonds. The van der Waals surface area contributed by atoms with Crippen LogP contribution in [0.2, 0.25) is 10.0 Å². The molecule has 7 nitrogen and oxygen atoms in total. The molecule has 0 aliphatic carbocycles. The van der Waals surface area contributed by atoms with Gasteiger partial charge in [-0.15, -0.1) is 0 Å². The summed E-state index contributed by atoms with van der Waals surface area (Å²) in [4.78, 5) is 26.0. The fraction of sp³-hybridized carbons (Fsp3) is 0.0833. The number of hydrogen-bond acceptors (Lipinski definition) is 5. The highest BCUT2D eigenvalue weighted by Crippen LogP contribution is 2.33. The van der Waals surface area contributed by atoms with Crippen LogP contribution in [0.4, 0.5) is 5.69 Å². The Morgan fingerprint density at radius 1 is 0.970 bits per heavy atom. The maximum Gasteiger partial charge on any atom is 0.272 e. The third-order valence-electron chi connectivity index (χ3n) is 4.73. The van der Waals surface area contributed by atoms with E-state index in [1.807, 2.05) is 0 Å². The number of anilines is 1. The Morgan fingerprint density at radius 2 is 1.76 bits per heavy atom. The fourth-order valence-electron chi connectivity index (χ4n) is 3.11. The van der Waals surface area contributed by atoms with Gasteiger partial charge in [-0.1, -0.05) is 41.4 Å². The first-order valence-electron chi connectivity index (χ1n) is 9.76. The lowest BCUT2D eigenvalue weighted by Crippen LogP contribution is -2.31. The second-order valence-electron chi connectivity index (χ2n) is 6.91. The average Bonchev–Trinajstić information content (AvgIpc) is 3.27. The summed E-state index contributed by atoms with van der Waals surface area (Å²) >= 11 is 12.3. The van der Waals surface area contributed by atoms with Crippen LogP contribution in [0.5, 0.6) is 17.2 Å².